The van der Waals surface area contributed by atoms with Crippen LogP contribution < -0.4 is 10.6 Å². The number of amides is 2. The van der Waals surface area contributed by atoms with Gasteiger partial charge in [0.05, 0.1) is 5.25 Å². The molecule has 0 radical (unpaired) electrons. The Morgan fingerprint density at radius 2 is 2.00 bits per heavy atom. The molecule has 2 amide bonds. The molecule has 0 unspecified atom stereocenters. The number of aliphatic hydroxyl groups excluding tert-OH is 1. The Hall–Kier alpha value is -0.620. The summed E-state index contributed by atoms with van der Waals surface area (Å²) >= 11 is 0. The Labute approximate surface area is 124 Å². The standard InChI is InChI=1S/C14H28N2O3S/c1-4-20(19)13-8-6-5-7-12(13)16-14(18)15-11(3)10(2)9-17/h10-13,17H,4-9H2,1-3H3,(H2,15,16,18)/t10-,11+,12-,13+,20-/m0/s1. The molecular weight excluding hydrogens is 276 g/mol. The van der Waals surface area contributed by atoms with Gasteiger partial charge in [0.2, 0.25) is 0 Å². The minimum absolute atomic E-state index is 0.00108. The molecule has 0 aromatic heterocycles. The van der Waals surface area contributed by atoms with E-state index in [1.807, 2.05) is 20.8 Å². The minimum atomic E-state index is -0.865. The lowest BCUT2D eigenvalue weighted by Gasteiger charge is -2.32. The van der Waals surface area contributed by atoms with E-state index in [1.165, 1.54) is 0 Å². The zero-order valence-corrected chi connectivity index (χ0v) is 13.5. The fraction of sp³-hybridized carbons (Fsp3) is 0.929. The number of hydrogen-bond donors (Lipinski definition) is 3. The van der Waals surface area contributed by atoms with Gasteiger partial charge in [0.25, 0.3) is 0 Å². The number of nitrogens with one attached hydrogen (secondary N) is 2. The van der Waals surface area contributed by atoms with Crippen molar-refractivity contribution in [2.24, 2.45) is 5.92 Å². The quantitative estimate of drug-likeness (QED) is 0.694. The van der Waals surface area contributed by atoms with Crippen LogP contribution in [0.4, 0.5) is 4.79 Å². The van der Waals surface area contributed by atoms with Crippen LogP contribution >= 0.6 is 0 Å². The molecule has 6 heteroatoms. The van der Waals surface area contributed by atoms with Crippen LogP contribution in [0, 0.1) is 5.92 Å². The highest BCUT2D eigenvalue weighted by atomic mass is 32.2. The van der Waals surface area contributed by atoms with Crippen molar-refractivity contribution < 1.29 is 14.1 Å². The van der Waals surface area contributed by atoms with Gasteiger partial charge in [-0.1, -0.05) is 26.7 Å². The Balaban J connectivity index is 2.52. The maximum Gasteiger partial charge on any atom is 0.315 e. The van der Waals surface area contributed by atoms with Gasteiger partial charge in [-0.25, -0.2) is 4.79 Å². The van der Waals surface area contributed by atoms with E-state index in [4.69, 9.17) is 5.11 Å². The Kier molecular flexibility index (Phi) is 7.51. The zero-order valence-electron chi connectivity index (χ0n) is 12.7. The minimum Gasteiger partial charge on any atom is -0.396 e. The van der Waals surface area contributed by atoms with Crippen LogP contribution in [0.15, 0.2) is 0 Å². The number of aliphatic hydroxyl groups is 1. The van der Waals surface area contributed by atoms with Crippen molar-refractivity contribution in [1.82, 2.24) is 10.6 Å². The fourth-order valence-corrected chi connectivity index (χ4v) is 3.94. The van der Waals surface area contributed by atoms with Crippen LogP contribution in [0.5, 0.6) is 0 Å². The van der Waals surface area contributed by atoms with Crippen molar-refractivity contribution in [3.05, 3.63) is 0 Å². The van der Waals surface area contributed by atoms with E-state index in [2.05, 4.69) is 10.6 Å². The van der Waals surface area contributed by atoms with Gasteiger partial charge in [-0.15, -0.1) is 0 Å². The molecule has 118 valence electrons. The van der Waals surface area contributed by atoms with Gasteiger partial charge in [0, 0.05) is 35.2 Å². The second kappa shape index (κ2) is 8.62. The second-order valence-electron chi connectivity index (χ2n) is 5.67. The molecule has 5 nitrogen and oxygen atoms in total. The molecule has 1 saturated carbocycles. The average molecular weight is 304 g/mol. The maximum absolute atomic E-state index is 12.0. The molecule has 0 bridgehead atoms. The Bertz CT molecular complexity index is 338. The lowest BCUT2D eigenvalue weighted by Crippen LogP contribution is -2.53. The van der Waals surface area contributed by atoms with Crippen LogP contribution in [-0.2, 0) is 10.8 Å². The average Bonchev–Trinajstić information content (AvgIpc) is 2.45. The van der Waals surface area contributed by atoms with Crippen LogP contribution in [0.25, 0.3) is 0 Å². The second-order valence-corrected chi connectivity index (χ2v) is 7.61. The number of hydrogen-bond acceptors (Lipinski definition) is 3. The van der Waals surface area contributed by atoms with Gasteiger partial charge in [0.15, 0.2) is 0 Å². The molecule has 0 spiro atoms. The molecule has 1 rings (SSSR count). The number of carbonyl (C=O) groups excluding carboxylic acids is 1. The molecule has 1 aliphatic rings. The van der Waals surface area contributed by atoms with Gasteiger partial charge in [-0.3, -0.25) is 4.21 Å². The summed E-state index contributed by atoms with van der Waals surface area (Å²) in [6.45, 7) is 5.74. The molecule has 0 aromatic rings. The molecule has 0 heterocycles. The Morgan fingerprint density at radius 3 is 2.60 bits per heavy atom. The first-order chi connectivity index (χ1) is 9.49. The predicted octanol–water partition coefficient (Wildman–Crippen LogP) is 1.38. The summed E-state index contributed by atoms with van der Waals surface area (Å²) in [6.07, 6.45) is 3.99. The normalized spacial score (nSPS) is 27.4. The summed E-state index contributed by atoms with van der Waals surface area (Å²) in [5.74, 6) is 0.662. The largest absolute Gasteiger partial charge is 0.396 e. The molecule has 0 aliphatic heterocycles. The predicted molar refractivity (Wildman–Crippen MR) is 82.1 cm³/mol. The molecule has 1 fully saturated rings. The summed E-state index contributed by atoms with van der Waals surface area (Å²) in [6, 6.07) is -0.303. The molecular formula is C14H28N2O3S. The first kappa shape index (κ1) is 17.4. The molecule has 20 heavy (non-hydrogen) atoms. The van der Waals surface area contributed by atoms with E-state index in [1.54, 1.807) is 0 Å². The van der Waals surface area contributed by atoms with Crippen LogP contribution in [0.2, 0.25) is 0 Å². The molecule has 5 atom stereocenters. The third kappa shape index (κ3) is 5.05. The summed E-state index contributed by atoms with van der Waals surface area (Å²) in [7, 11) is -0.865. The van der Waals surface area contributed by atoms with Gasteiger partial charge in [0.1, 0.15) is 0 Å². The van der Waals surface area contributed by atoms with Crippen molar-refractivity contribution in [2.75, 3.05) is 12.4 Å². The van der Waals surface area contributed by atoms with Gasteiger partial charge >= 0.3 is 6.03 Å². The lowest BCUT2D eigenvalue weighted by atomic mass is 9.95. The molecule has 3 N–H and O–H groups in total. The highest BCUT2D eigenvalue weighted by molar-refractivity contribution is 7.85. The van der Waals surface area contributed by atoms with Crippen LogP contribution in [-0.4, -0.2) is 45.0 Å². The molecule has 0 saturated heterocycles. The lowest BCUT2D eigenvalue weighted by molar-refractivity contribution is 0.197. The highest BCUT2D eigenvalue weighted by Crippen LogP contribution is 2.23. The van der Waals surface area contributed by atoms with E-state index in [0.29, 0.717) is 5.75 Å². The Morgan fingerprint density at radius 1 is 1.35 bits per heavy atom. The van der Waals surface area contributed by atoms with E-state index in [-0.39, 0.29) is 35.9 Å². The van der Waals surface area contributed by atoms with Gasteiger partial charge in [-0.2, -0.15) is 0 Å². The maximum atomic E-state index is 12.0. The summed E-state index contributed by atoms with van der Waals surface area (Å²) in [4.78, 5) is 12.0. The smallest absolute Gasteiger partial charge is 0.315 e. The van der Waals surface area contributed by atoms with Gasteiger partial charge < -0.3 is 15.7 Å². The number of carbonyl (C=O) groups is 1. The SMILES string of the molecule is CC[S@](=O)[C@@H]1CCCC[C@@H]1NC(=O)N[C@H](C)[C@@H](C)CO. The van der Waals surface area contributed by atoms with E-state index >= 15 is 0 Å². The van der Waals surface area contributed by atoms with Crippen molar-refractivity contribution in [3.8, 4) is 0 Å². The first-order valence-corrected chi connectivity index (χ1v) is 8.92. The number of rotatable bonds is 6. The monoisotopic (exact) mass is 304 g/mol. The third-order valence-electron chi connectivity index (χ3n) is 4.14. The zero-order chi connectivity index (χ0) is 15.1. The topological polar surface area (TPSA) is 78.4 Å². The summed E-state index contributed by atoms with van der Waals surface area (Å²) < 4.78 is 12.0. The van der Waals surface area contributed by atoms with Gasteiger partial charge in [-0.05, 0) is 25.7 Å². The van der Waals surface area contributed by atoms with Crippen molar-refractivity contribution in [1.29, 1.82) is 0 Å². The van der Waals surface area contributed by atoms with E-state index in [0.717, 1.165) is 25.7 Å². The highest BCUT2D eigenvalue weighted by Gasteiger charge is 2.30. The van der Waals surface area contributed by atoms with E-state index < -0.39 is 10.8 Å². The molecule has 1 aliphatic carbocycles. The van der Waals surface area contributed by atoms with E-state index in [9.17, 15) is 9.00 Å². The number of urea groups is 1. The fourth-order valence-electron chi connectivity index (χ4n) is 2.51. The first-order valence-electron chi connectivity index (χ1n) is 7.54. The third-order valence-corrected chi connectivity index (χ3v) is 5.95. The van der Waals surface area contributed by atoms with Crippen molar-refractivity contribution in [2.45, 2.75) is 63.8 Å². The summed E-state index contributed by atoms with van der Waals surface area (Å²) in [5, 5.41) is 15.0. The van der Waals surface area contributed by atoms with Crippen molar-refractivity contribution in [3.63, 3.8) is 0 Å². The van der Waals surface area contributed by atoms with Crippen LogP contribution in [0.1, 0.15) is 46.5 Å². The molecule has 0 aromatic carbocycles. The van der Waals surface area contributed by atoms with Crippen molar-refractivity contribution >= 4 is 16.8 Å². The summed E-state index contributed by atoms with van der Waals surface area (Å²) in [5.41, 5.74) is 0. The van der Waals surface area contributed by atoms with Crippen LogP contribution in [0.3, 0.4) is 0 Å².